The number of hydrogen-bond donors (Lipinski definition) is 1. The van der Waals surface area contributed by atoms with E-state index in [4.69, 9.17) is 9.47 Å². The molecular formula is C16H17F2NO2. The van der Waals surface area contributed by atoms with Crippen LogP contribution in [0.4, 0.5) is 8.78 Å². The fourth-order valence-electron chi connectivity index (χ4n) is 2.07. The lowest BCUT2D eigenvalue weighted by atomic mass is 10.1. The third-order valence-electron chi connectivity index (χ3n) is 2.95. The molecule has 0 bridgehead atoms. The van der Waals surface area contributed by atoms with Gasteiger partial charge in [-0.2, -0.15) is 0 Å². The van der Waals surface area contributed by atoms with E-state index in [0.29, 0.717) is 23.6 Å². The molecule has 0 spiro atoms. The lowest BCUT2D eigenvalue weighted by Crippen LogP contribution is -2.08. The summed E-state index contributed by atoms with van der Waals surface area (Å²) in [6, 6.07) is 8.87. The second-order valence-corrected chi connectivity index (χ2v) is 4.55. The molecular weight excluding hydrogens is 276 g/mol. The van der Waals surface area contributed by atoms with Crippen LogP contribution in [0.2, 0.25) is 0 Å². The van der Waals surface area contributed by atoms with Crippen LogP contribution in [0.15, 0.2) is 36.4 Å². The van der Waals surface area contributed by atoms with Gasteiger partial charge in [-0.15, -0.1) is 0 Å². The van der Waals surface area contributed by atoms with Crippen LogP contribution in [0, 0.1) is 11.6 Å². The minimum atomic E-state index is -0.621. The minimum Gasteiger partial charge on any atom is -0.493 e. The Balaban J connectivity index is 2.22. The Bertz CT molecular complexity index is 597. The van der Waals surface area contributed by atoms with Crippen LogP contribution in [0.3, 0.4) is 0 Å². The summed E-state index contributed by atoms with van der Waals surface area (Å²) < 4.78 is 37.3. The molecule has 0 aromatic heterocycles. The molecule has 0 aliphatic rings. The van der Waals surface area contributed by atoms with Crippen LogP contribution in [0.5, 0.6) is 11.5 Å². The van der Waals surface area contributed by atoms with E-state index in [1.165, 1.54) is 12.1 Å². The van der Waals surface area contributed by atoms with Crippen molar-refractivity contribution in [2.24, 2.45) is 0 Å². The normalized spacial score (nSPS) is 10.5. The number of hydrogen-bond acceptors (Lipinski definition) is 3. The summed E-state index contributed by atoms with van der Waals surface area (Å²) in [7, 11) is 3.37. The number of nitrogens with one attached hydrogen (secondary N) is 1. The van der Waals surface area contributed by atoms with E-state index in [-0.39, 0.29) is 6.61 Å². The molecule has 1 N–H and O–H groups in total. The zero-order chi connectivity index (χ0) is 15.2. The molecule has 2 rings (SSSR count). The van der Waals surface area contributed by atoms with Gasteiger partial charge in [0.25, 0.3) is 0 Å². The van der Waals surface area contributed by atoms with E-state index < -0.39 is 11.6 Å². The predicted molar refractivity (Wildman–Crippen MR) is 76.4 cm³/mol. The Morgan fingerprint density at radius 1 is 1.10 bits per heavy atom. The topological polar surface area (TPSA) is 30.5 Å². The van der Waals surface area contributed by atoms with E-state index in [2.05, 4.69) is 5.32 Å². The van der Waals surface area contributed by atoms with E-state index >= 15 is 0 Å². The molecule has 0 heterocycles. The van der Waals surface area contributed by atoms with Gasteiger partial charge in [-0.3, -0.25) is 0 Å². The second-order valence-electron chi connectivity index (χ2n) is 4.55. The van der Waals surface area contributed by atoms with Gasteiger partial charge in [0.2, 0.25) is 0 Å². The minimum absolute atomic E-state index is 0.0613. The van der Waals surface area contributed by atoms with Crippen LogP contribution in [-0.4, -0.2) is 14.2 Å². The Labute approximate surface area is 122 Å². The quantitative estimate of drug-likeness (QED) is 0.886. The molecule has 0 saturated heterocycles. The van der Waals surface area contributed by atoms with Gasteiger partial charge in [0.15, 0.2) is 11.5 Å². The van der Waals surface area contributed by atoms with Gasteiger partial charge in [-0.1, -0.05) is 12.1 Å². The summed E-state index contributed by atoms with van der Waals surface area (Å²) in [5, 5.41) is 3.04. The highest BCUT2D eigenvalue weighted by atomic mass is 19.1. The first-order valence-corrected chi connectivity index (χ1v) is 6.52. The van der Waals surface area contributed by atoms with Gasteiger partial charge in [-0.25, -0.2) is 8.78 Å². The summed E-state index contributed by atoms with van der Waals surface area (Å²) in [6.45, 7) is 0.663. The third-order valence-corrected chi connectivity index (χ3v) is 2.95. The highest BCUT2D eigenvalue weighted by Gasteiger charge is 2.11. The number of methoxy groups -OCH3 is 1. The average Bonchev–Trinajstić information content (AvgIpc) is 2.45. The van der Waals surface area contributed by atoms with Gasteiger partial charge in [0.1, 0.15) is 18.2 Å². The largest absolute Gasteiger partial charge is 0.493 e. The Hall–Kier alpha value is -2.14. The maximum atomic E-state index is 13.2. The lowest BCUT2D eigenvalue weighted by molar-refractivity contribution is 0.280. The van der Waals surface area contributed by atoms with E-state index in [0.717, 1.165) is 11.6 Å². The molecule has 0 radical (unpaired) electrons. The van der Waals surface area contributed by atoms with Gasteiger partial charge >= 0.3 is 0 Å². The maximum Gasteiger partial charge on any atom is 0.166 e. The molecule has 0 saturated carbocycles. The number of ether oxygens (including phenoxy) is 2. The molecule has 112 valence electrons. The summed E-state index contributed by atoms with van der Waals surface area (Å²) in [4.78, 5) is 0. The maximum absolute atomic E-state index is 13.2. The van der Waals surface area contributed by atoms with Crippen LogP contribution >= 0.6 is 0 Å². The van der Waals surface area contributed by atoms with Crippen molar-refractivity contribution in [3.8, 4) is 11.5 Å². The van der Waals surface area contributed by atoms with Crippen molar-refractivity contribution in [3.63, 3.8) is 0 Å². The first-order valence-electron chi connectivity index (χ1n) is 6.52. The molecule has 0 aliphatic heterocycles. The Morgan fingerprint density at radius 2 is 1.81 bits per heavy atom. The van der Waals surface area contributed by atoms with Crippen molar-refractivity contribution in [3.05, 3.63) is 59.2 Å². The van der Waals surface area contributed by atoms with E-state index in [1.807, 2.05) is 19.2 Å². The fourth-order valence-corrected chi connectivity index (χ4v) is 2.07. The van der Waals surface area contributed by atoms with E-state index in [1.54, 1.807) is 13.2 Å². The molecule has 5 heteroatoms. The van der Waals surface area contributed by atoms with Gasteiger partial charge in [-0.05, 0) is 30.8 Å². The van der Waals surface area contributed by atoms with Gasteiger partial charge < -0.3 is 14.8 Å². The summed E-state index contributed by atoms with van der Waals surface area (Å²) in [6.07, 6.45) is 0. The van der Waals surface area contributed by atoms with Crippen LogP contribution in [0.1, 0.15) is 11.1 Å². The molecule has 0 fully saturated rings. The van der Waals surface area contributed by atoms with Crippen molar-refractivity contribution in [1.29, 1.82) is 0 Å². The van der Waals surface area contributed by atoms with Crippen molar-refractivity contribution in [2.75, 3.05) is 14.2 Å². The van der Waals surface area contributed by atoms with Crippen molar-refractivity contribution in [1.82, 2.24) is 5.32 Å². The summed E-state index contributed by atoms with van der Waals surface area (Å²) >= 11 is 0. The molecule has 2 aromatic rings. The average molecular weight is 293 g/mol. The van der Waals surface area contributed by atoms with Crippen LogP contribution in [0.25, 0.3) is 0 Å². The van der Waals surface area contributed by atoms with Crippen LogP contribution in [-0.2, 0) is 13.2 Å². The molecule has 0 unspecified atom stereocenters. The number of benzene rings is 2. The molecule has 2 aromatic carbocycles. The highest BCUT2D eigenvalue weighted by Crippen LogP contribution is 2.31. The standard InChI is InChI=1S/C16H17F2NO2/c1-19-9-12-4-3-5-15(20-2)16(12)21-10-11-6-13(17)8-14(18)7-11/h3-8,19H,9-10H2,1-2H3. The molecule has 0 amide bonds. The SMILES string of the molecule is CNCc1cccc(OC)c1OCc1cc(F)cc(F)c1. The summed E-state index contributed by atoms with van der Waals surface area (Å²) in [5.74, 6) is -0.0909. The molecule has 0 atom stereocenters. The zero-order valence-corrected chi connectivity index (χ0v) is 12.0. The number of halogens is 2. The Morgan fingerprint density at radius 3 is 2.43 bits per heavy atom. The molecule has 3 nitrogen and oxygen atoms in total. The first-order chi connectivity index (χ1) is 10.1. The number of rotatable bonds is 6. The first kappa shape index (κ1) is 15.3. The van der Waals surface area contributed by atoms with Crippen molar-refractivity contribution < 1.29 is 18.3 Å². The van der Waals surface area contributed by atoms with Crippen LogP contribution < -0.4 is 14.8 Å². The Kier molecular flexibility index (Phi) is 5.11. The predicted octanol–water partition coefficient (Wildman–Crippen LogP) is 3.27. The van der Waals surface area contributed by atoms with Crippen molar-refractivity contribution in [2.45, 2.75) is 13.2 Å². The highest BCUT2D eigenvalue weighted by molar-refractivity contribution is 5.46. The molecule has 21 heavy (non-hydrogen) atoms. The smallest absolute Gasteiger partial charge is 0.166 e. The summed E-state index contributed by atoms with van der Waals surface area (Å²) in [5.41, 5.74) is 1.34. The van der Waals surface area contributed by atoms with E-state index in [9.17, 15) is 8.78 Å². The second kappa shape index (κ2) is 7.04. The van der Waals surface area contributed by atoms with Gasteiger partial charge in [0.05, 0.1) is 7.11 Å². The third kappa shape index (κ3) is 3.92. The van der Waals surface area contributed by atoms with Crippen molar-refractivity contribution >= 4 is 0 Å². The van der Waals surface area contributed by atoms with Gasteiger partial charge in [0, 0.05) is 18.2 Å². The molecule has 0 aliphatic carbocycles. The zero-order valence-electron chi connectivity index (χ0n) is 12.0. The lowest BCUT2D eigenvalue weighted by Gasteiger charge is -2.15. The monoisotopic (exact) mass is 293 g/mol. The number of para-hydroxylation sites is 1. The fraction of sp³-hybridized carbons (Fsp3) is 0.250.